The highest BCUT2D eigenvalue weighted by molar-refractivity contribution is 7.89. The third-order valence-corrected chi connectivity index (χ3v) is 7.39. The lowest BCUT2D eigenvalue weighted by molar-refractivity contribution is 0.102. The Morgan fingerprint density at radius 2 is 1.85 bits per heavy atom. The van der Waals surface area contributed by atoms with E-state index in [0.717, 1.165) is 18.4 Å². The van der Waals surface area contributed by atoms with Crippen molar-refractivity contribution in [2.45, 2.75) is 45.4 Å². The van der Waals surface area contributed by atoms with E-state index in [-0.39, 0.29) is 16.5 Å². The fourth-order valence-electron chi connectivity index (χ4n) is 3.62. The molecule has 3 rings (SSSR count). The molecule has 0 spiro atoms. The Morgan fingerprint density at radius 1 is 1.19 bits per heavy atom. The zero-order chi connectivity index (χ0) is 19.8. The van der Waals surface area contributed by atoms with Gasteiger partial charge in [-0.2, -0.15) is 4.31 Å². The van der Waals surface area contributed by atoms with Crippen LogP contribution in [0, 0.1) is 26.7 Å². The number of sulfonamides is 1. The third kappa shape index (κ3) is 3.94. The van der Waals surface area contributed by atoms with Gasteiger partial charge >= 0.3 is 0 Å². The van der Waals surface area contributed by atoms with Crippen molar-refractivity contribution in [1.82, 2.24) is 9.29 Å². The second-order valence-corrected chi connectivity index (χ2v) is 9.36. The molecule has 27 heavy (non-hydrogen) atoms. The molecule has 1 amide bonds. The highest BCUT2D eigenvalue weighted by Gasteiger charge is 2.33. The first-order chi connectivity index (χ1) is 12.7. The number of nitrogens with one attached hydrogen (secondary N) is 2. The highest BCUT2D eigenvalue weighted by Crippen LogP contribution is 2.29. The maximum atomic E-state index is 13.1. The van der Waals surface area contributed by atoms with Crippen LogP contribution in [0.15, 0.2) is 29.2 Å². The van der Waals surface area contributed by atoms with Crippen molar-refractivity contribution in [2.24, 2.45) is 5.92 Å². The van der Waals surface area contributed by atoms with E-state index in [2.05, 4.69) is 17.2 Å². The molecule has 146 valence electrons. The number of hydrogen-bond acceptors (Lipinski definition) is 3. The predicted octanol–water partition coefficient (Wildman–Crippen LogP) is 3.61. The maximum Gasteiger partial charge on any atom is 0.272 e. The monoisotopic (exact) mass is 389 g/mol. The molecule has 0 atom stereocenters. The van der Waals surface area contributed by atoms with E-state index in [4.69, 9.17) is 0 Å². The lowest BCUT2D eigenvalue weighted by atomic mass is 10.0. The maximum absolute atomic E-state index is 13.1. The number of nitrogens with zero attached hydrogens (tertiary/aromatic N) is 1. The molecule has 0 radical (unpaired) electrons. The SMILES string of the molecule is Cc1cccc(NC(=O)c2[nH]c(C)c(S(=O)(=O)N3CCC(C)CC3)c2C)c1. The Hall–Kier alpha value is -2.12. The Bertz CT molecular complexity index is 955. The molecule has 0 unspecified atom stereocenters. The lowest BCUT2D eigenvalue weighted by Gasteiger charge is -2.29. The molecule has 2 aromatic rings. The van der Waals surface area contributed by atoms with Gasteiger partial charge in [0, 0.05) is 24.5 Å². The van der Waals surface area contributed by atoms with Crippen molar-refractivity contribution in [2.75, 3.05) is 18.4 Å². The van der Waals surface area contributed by atoms with E-state index >= 15 is 0 Å². The zero-order valence-corrected chi connectivity index (χ0v) is 17.1. The van der Waals surface area contributed by atoms with Crippen molar-refractivity contribution in [3.05, 3.63) is 46.8 Å². The minimum atomic E-state index is -3.62. The van der Waals surface area contributed by atoms with Crippen LogP contribution in [0.1, 0.15) is 47.1 Å². The molecule has 2 heterocycles. The Labute approximate surface area is 161 Å². The standard InChI is InChI=1S/C20H27N3O3S/c1-13-8-10-23(11-9-13)27(25,26)19-15(3)18(21-16(19)4)20(24)22-17-7-5-6-14(2)12-17/h5-7,12-13,21H,8-11H2,1-4H3,(H,22,24). The number of rotatable bonds is 4. The summed E-state index contributed by atoms with van der Waals surface area (Å²) in [6.07, 6.45) is 1.73. The van der Waals surface area contributed by atoms with Crippen molar-refractivity contribution in [3.63, 3.8) is 0 Å². The molecule has 0 aliphatic carbocycles. The van der Waals surface area contributed by atoms with Gasteiger partial charge in [-0.1, -0.05) is 19.1 Å². The van der Waals surface area contributed by atoms with Gasteiger partial charge in [0.15, 0.2) is 0 Å². The number of H-pyrrole nitrogens is 1. The number of carbonyl (C=O) groups is 1. The summed E-state index contributed by atoms with van der Waals surface area (Å²) < 4.78 is 27.8. The first kappa shape index (κ1) is 19.6. The molecule has 1 aromatic heterocycles. The molecular formula is C20H27N3O3S. The average molecular weight is 390 g/mol. The molecule has 1 aliphatic heterocycles. The fraction of sp³-hybridized carbons (Fsp3) is 0.450. The summed E-state index contributed by atoms with van der Waals surface area (Å²) >= 11 is 0. The van der Waals surface area contributed by atoms with Crippen LogP contribution in [0.2, 0.25) is 0 Å². The molecular weight excluding hydrogens is 362 g/mol. The molecule has 0 saturated carbocycles. The van der Waals surface area contributed by atoms with Gasteiger partial charge in [-0.25, -0.2) is 8.42 Å². The van der Waals surface area contributed by atoms with Crippen molar-refractivity contribution in [1.29, 1.82) is 0 Å². The van der Waals surface area contributed by atoms with Crippen molar-refractivity contribution < 1.29 is 13.2 Å². The first-order valence-electron chi connectivity index (χ1n) is 9.27. The number of aromatic nitrogens is 1. The molecule has 2 N–H and O–H groups in total. The predicted molar refractivity (Wildman–Crippen MR) is 107 cm³/mol. The first-order valence-corrected chi connectivity index (χ1v) is 10.7. The van der Waals surface area contributed by atoms with Crippen LogP contribution in [0.4, 0.5) is 5.69 Å². The number of benzene rings is 1. The Morgan fingerprint density at radius 3 is 2.48 bits per heavy atom. The summed E-state index contributed by atoms with van der Waals surface area (Å²) in [6.45, 7) is 8.54. The van der Waals surface area contributed by atoms with Gasteiger partial charge in [-0.15, -0.1) is 0 Å². The number of aromatic amines is 1. The summed E-state index contributed by atoms with van der Waals surface area (Å²) in [4.78, 5) is 15.9. The van der Waals surface area contributed by atoms with Crippen molar-refractivity contribution in [3.8, 4) is 0 Å². The molecule has 6 nitrogen and oxygen atoms in total. The van der Waals surface area contributed by atoms with E-state index in [0.29, 0.717) is 36.0 Å². The zero-order valence-electron chi connectivity index (χ0n) is 16.3. The second-order valence-electron chi connectivity index (χ2n) is 7.49. The van der Waals surface area contributed by atoms with Gasteiger partial charge in [0.25, 0.3) is 5.91 Å². The van der Waals surface area contributed by atoms with Gasteiger partial charge in [0.1, 0.15) is 10.6 Å². The Kier molecular flexibility index (Phi) is 5.44. The quantitative estimate of drug-likeness (QED) is 0.838. The third-order valence-electron chi connectivity index (χ3n) is 5.21. The molecule has 7 heteroatoms. The highest BCUT2D eigenvalue weighted by atomic mass is 32.2. The van der Waals surface area contributed by atoms with Gasteiger partial charge in [0.2, 0.25) is 10.0 Å². The average Bonchev–Trinajstić information content (AvgIpc) is 2.90. The number of anilines is 1. The van der Waals surface area contributed by atoms with E-state index in [1.54, 1.807) is 18.2 Å². The van der Waals surface area contributed by atoms with Gasteiger partial charge in [-0.3, -0.25) is 4.79 Å². The molecule has 1 saturated heterocycles. The van der Waals surface area contributed by atoms with E-state index in [1.165, 1.54) is 0 Å². The summed E-state index contributed by atoms with van der Waals surface area (Å²) in [5.74, 6) is 0.204. The summed E-state index contributed by atoms with van der Waals surface area (Å²) in [5, 5.41) is 2.84. The van der Waals surface area contributed by atoms with Crippen LogP contribution in [0.3, 0.4) is 0 Å². The molecule has 1 aromatic carbocycles. The van der Waals surface area contributed by atoms with Gasteiger partial charge < -0.3 is 10.3 Å². The summed E-state index contributed by atoms with van der Waals surface area (Å²) in [6, 6.07) is 7.49. The number of aryl methyl sites for hydroxylation is 2. The number of carbonyl (C=O) groups excluding carboxylic acids is 1. The summed E-state index contributed by atoms with van der Waals surface area (Å²) in [5.41, 5.74) is 2.98. The van der Waals surface area contributed by atoms with Crippen LogP contribution in [-0.4, -0.2) is 36.7 Å². The number of piperidine rings is 1. The van der Waals surface area contributed by atoms with Crippen molar-refractivity contribution >= 4 is 21.6 Å². The smallest absolute Gasteiger partial charge is 0.272 e. The minimum absolute atomic E-state index is 0.228. The van der Waals surface area contributed by atoms with Crippen LogP contribution in [0.25, 0.3) is 0 Å². The van der Waals surface area contributed by atoms with Gasteiger partial charge in [-0.05, 0) is 62.8 Å². The van der Waals surface area contributed by atoms with Crippen LogP contribution < -0.4 is 5.32 Å². The second kappa shape index (κ2) is 7.48. The summed E-state index contributed by atoms with van der Waals surface area (Å²) in [7, 11) is -3.62. The van der Waals surface area contributed by atoms with Crippen LogP contribution in [0.5, 0.6) is 0 Å². The topological polar surface area (TPSA) is 82.3 Å². The molecule has 0 bridgehead atoms. The molecule has 1 fully saturated rings. The van der Waals surface area contributed by atoms with E-state index in [9.17, 15) is 13.2 Å². The fourth-order valence-corrected chi connectivity index (χ4v) is 5.49. The van der Waals surface area contributed by atoms with Crippen LogP contribution >= 0.6 is 0 Å². The van der Waals surface area contributed by atoms with Gasteiger partial charge in [0.05, 0.1) is 0 Å². The van der Waals surface area contributed by atoms with Crippen LogP contribution in [-0.2, 0) is 10.0 Å². The molecule has 1 aliphatic rings. The Balaban J connectivity index is 1.89. The normalized spacial score (nSPS) is 16.4. The van der Waals surface area contributed by atoms with E-state index in [1.807, 2.05) is 31.2 Å². The number of hydrogen-bond donors (Lipinski definition) is 2. The minimum Gasteiger partial charge on any atom is -0.353 e. The van der Waals surface area contributed by atoms with E-state index < -0.39 is 10.0 Å². The largest absolute Gasteiger partial charge is 0.353 e. The lowest BCUT2D eigenvalue weighted by Crippen LogP contribution is -2.38. The number of amides is 1.